The summed E-state index contributed by atoms with van der Waals surface area (Å²) in [4.78, 5) is 0. The molecule has 5 heteroatoms. The van der Waals surface area contributed by atoms with Gasteiger partial charge in [0.05, 0.1) is 25.4 Å². The van der Waals surface area contributed by atoms with Crippen LogP contribution < -0.4 is 5.73 Å². The topological polar surface area (TPSA) is 86.7 Å². The predicted molar refractivity (Wildman–Crippen MR) is 72.8 cm³/mol. The Morgan fingerprint density at radius 1 is 1.05 bits per heavy atom. The largest absolute Gasteiger partial charge is 0.394 e. The van der Waals surface area contributed by atoms with Crippen LogP contribution in [0.3, 0.4) is 0 Å². The van der Waals surface area contributed by atoms with Gasteiger partial charge in [-0.25, -0.2) is 5.57 Å². The smallest absolute Gasteiger partial charge is 0.0856 e. The van der Waals surface area contributed by atoms with Crippen molar-refractivity contribution in [2.45, 2.75) is 40.2 Å². The number of hydrogen-bond donors (Lipinski definition) is 4. The molecule has 1 rings (SSSR count). The molecular formula is C14H26NO3Zr-. The first-order valence-corrected chi connectivity index (χ1v) is 6.05. The van der Waals surface area contributed by atoms with E-state index in [-0.39, 0.29) is 31.6 Å². The fraction of sp³-hybridized carbons (Fsp3) is 0.714. The van der Waals surface area contributed by atoms with E-state index in [4.69, 9.17) is 21.1 Å². The molecule has 1 aliphatic rings. The molecule has 0 aromatic carbocycles. The quantitative estimate of drug-likeness (QED) is 0.568. The van der Waals surface area contributed by atoms with Crippen LogP contribution in [0, 0.1) is 11.5 Å². The molecule has 0 amide bonds. The molecule has 0 aromatic heterocycles. The minimum Gasteiger partial charge on any atom is -0.394 e. The van der Waals surface area contributed by atoms with Gasteiger partial charge in [-0.1, -0.05) is 33.1 Å². The number of allylic oxidation sites excluding steroid dienone is 4. The van der Waals surface area contributed by atoms with Crippen molar-refractivity contribution < 1.29 is 41.5 Å². The zero-order valence-corrected chi connectivity index (χ0v) is 15.0. The van der Waals surface area contributed by atoms with Gasteiger partial charge in [0, 0.05) is 26.2 Å². The molecule has 0 unspecified atom stereocenters. The van der Waals surface area contributed by atoms with E-state index in [9.17, 15) is 0 Å². The SMILES string of the molecule is CC1=[C-]C(C)(C)C(C)=C1C.NC(CO)(CO)CO.[Zr]. The molecule has 5 N–H and O–H groups in total. The molecule has 0 aliphatic heterocycles. The van der Waals surface area contributed by atoms with Crippen molar-refractivity contribution in [2.75, 3.05) is 19.8 Å². The fourth-order valence-electron chi connectivity index (χ4n) is 1.56. The molecule has 0 bridgehead atoms. The molecule has 0 heterocycles. The van der Waals surface area contributed by atoms with Crippen molar-refractivity contribution in [1.29, 1.82) is 0 Å². The zero-order valence-electron chi connectivity index (χ0n) is 12.5. The summed E-state index contributed by atoms with van der Waals surface area (Å²) in [6.45, 7) is 9.71. The van der Waals surface area contributed by atoms with E-state index >= 15 is 0 Å². The summed E-state index contributed by atoms with van der Waals surface area (Å²) in [6, 6.07) is 0. The molecule has 110 valence electrons. The van der Waals surface area contributed by atoms with Crippen molar-refractivity contribution in [2.24, 2.45) is 11.1 Å². The first kappa shape index (κ1) is 21.5. The number of hydrogen-bond acceptors (Lipinski definition) is 4. The Kier molecular flexibility index (Phi) is 9.60. The van der Waals surface area contributed by atoms with Gasteiger partial charge in [0.15, 0.2) is 0 Å². The van der Waals surface area contributed by atoms with E-state index in [1.54, 1.807) is 0 Å². The standard InChI is InChI=1S/C10H15.C4H11NO3.Zr/c1-7-6-10(4,5)9(3)8(7)2;5-4(1-6,2-7)3-8;/h1-5H3;6-8H,1-3,5H2;/q-1;;. The van der Waals surface area contributed by atoms with E-state index < -0.39 is 25.4 Å². The molecule has 19 heavy (non-hydrogen) atoms. The predicted octanol–water partition coefficient (Wildman–Crippen LogP) is 0.770. The number of aliphatic hydroxyl groups is 3. The van der Waals surface area contributed by atoms with Gasteiger partial charge in [0.25, 0.3) is 0 Å². The van der Waals surface area contributed by atoms with Crippen LogP contribution in [0.15, 0.2) is 16.7 Å². The van der Waals surface area contributed by atoms with Crippen LogP contribution in [0.5, 0.6) is 0 Å². The molecule has 0 aromatic rings. The Hall–Kier alpha value is 0.203. The van der Waals surface area contributed by atoms with E-state index in [1.165, 1.54) is 16.7 Å². The summed E-state index contributed by atoms with van der Waals surface area (Å²) in [6.07, 6.45) is 3.44. The molecule has 4 nitrogen and oxygen atoms in total. The molecule has 0 saturated carbocycles. The second-order valence-corrected chi connectivity index (χ2v) is 5.46. The zero-order chi connectivity index (χ0) is 14.6. The van der Waals surface area contributed by atoms with Gasteiger partial charge in [0.1, 0.15) is 0 Å². The van der Waals surface area contributed by atoms with Crippen LogP contribution in [0.4, 0.5) is 0 Å². The van der Waals surface area contributed by atoms with Gasteiger partial charge in [-0.3, -0.25) is 6.08 Å². The first-order valence-electron chi connectivity index (χ1n) is 6.05. The molecule has 0 spiro atoms. The molecule has 1 aliphatic carbocycles. The molecule has 0 radical (unpaired) electrons. The monoisotopic (exact) mass is 346 g/mol. The van der Waals surface area contributed by atoms with Crippen molar-refractivity contribution in [3.63, 3.8) is 0 Å². The Balaban J connectivity index is 0. The second-order valence-electron chi connectivity index (χ2n) is 5.46. The molecule has 0 atom stereocenters. The average Bonchev–Trinajstić information content (AvgIpc) is 2.52. The van der Waals surface area contributed by atoms with Gasteiger partial charge in [-0.05, 0) is 0 Å². The Morgan fingerprint density at radius 3 is 1.47 bits per heavy atom. The maximum absolute atomic E-state index is 8.34. The molecular weight excluding hydrogens is 321 g/mol. The summed E-state index contributed by atoms with van der Waals surface area (Å²) in [5, 5.41) is 25.0. The van der Waals surface area contributed by atoms with E-state index in [2.05, 4.69) is 40.7 Å². The van der Waals surface area contributed by atoms with E-state index in [1.807, 2.05) is 0 Å². The summed E-state index contributed by atoms with van der Waals surface area (Å²) < 4.78 is 0. The third kappa shape index (κ3) is 6.01. The van der Waals surface area contributed by atoms with Crippen LogP contribution in [-0.2, 0) is 26.2 Å². The van der Waals surface area contributed by atoms with Crippen molar-refractivity contribution in [3.05, 3.63) is 22.8 Å². The van der Waals surface area contributed by atoms with Gasteiger partial charge < -0.3 is 21.1 Å². The number of nitrogens with two attached hydrogens (primary N) is 1. The van der Waals surface area contributed by atoms with Crippen LogP contribution in [-0.4, -0.2) is 40.7 Å². The normalized spacial score (nSPS) is 17.4. The summed E-state index contributed by atoms with van der Waals surface area (Å²) in [5.74, 6) is 0. The van der Waals surface area contributed by atoms with E-state index in [0.717, 1.165) is 0 Å². The average molecular weight is 348 g/mol. The number of rotatable bonds is 3. The van der Waals surface area contributed by atoms with Crippen LogP contribution in [0.1, 0.15) is 34.6 Å². The third-order valence-electron chi connectivity index (χ3n) is 3.51. The van der Waals surface area contributed by atoms with Gasteiger partial charge in [-0.15, -0.1) is 6.92 Å². The minimum absolute atomic E-state index is 0. The summed E-state index contributed by atoms with van der Waals surface area (Å²) in [5.41, 5.74) is 8.33. The van der Waals surface area contributed by atoms with Gasteiger partial charge in [-0.2, -0.15) is 11.1 Å². The van der Waals surface area contributed by atoms with Crippen molar-refractivity contribution in [1.82, 2.24) is 0 Å². The maximum Gasteiger partial charge on any atom is 0.0856 e. The second kappa shape index (κ2) is 8.48. The number of aliphatic hydroxyl groups excluding tert-OH is 3. The van der Waals surface area contributed by atoms with E-state index in [0.29, 0.717) is 0 Å². The van der Waals surface area contributed by atoms with Crippen molar-refractivity contribution >= 4 is 0 Å². The summed E-state index contributed by atoms with van der Waals surface area (Å²) in [7, 11) is 0. The first-order chi connectivity index (χ1) is 8.13. The third-order valence-corrected chi connectivity index (χ3v) is 3.51. The fourth-order valence-corrected chi connectivity index (χ4v) is 1.56. The Labute approximate surface area is 135 Å². The van der Waals surface area contributed by atoms with Crippen LogP contribution in [0.2, 0.25) is 0 Å². The van der Waals surface area contributed by atoms with Crippen LogP contribution >= 0.6 is 0 Å². The van der Waals surface area contributed by atoms with Gasteiger partial charge >= 0.3 is 0 Å². The maximum atomic E-state index is 8.34. The van der Waals surface area contributed by atoms with Crippen LogP contribution in [0.25, 0.3) is 0 Å². The van der Waals surface area contributed by atoms with Gasteiger partial charge in [0.2, 0.25) is 0 Å². The van der Waals surface area contributed by atoms with Crippen molar-refractivity contribution in [3.8, 4) is 0 Å². The summed E-state index contributed by atoms with van der Waals surface area (Å²) >= 11 is 0. The Bertz CT molecular complexity index is 336. The minimum atomic E-state index is -1.21. The Morgan fingerprint density at radius 2 is 1.42 bits per heavy atom. The molecule has 0 saturated heterocycles. The molecule has 0 fully saturated rings.